The predicted octanol–water partition coefficient (Wildman–Crippen LogP) is 3.88. The molecule has 0 aliphatic carbocycles. The fourth-order valence-corrected chi connectivity index (χ4v) is 2.99. The molecule has 0 saturated carbocycles. The minimum atomic E-state index is -0.495. The molecule has 2 aromatic rings. The summed E-state index contributed by atoms with van der Waals surface area (Å²) in [7, 11) is 1.38. The van der Waals surface area contributed by atoms with Gasteiger partial charge in [-0.3, -0.25) is 4.90 Å². The molecule has 0 fully saturated rings. The first kappa shape index (κ1) is 22.2. The Bertz CT molecular complexity index is 661. The molecule has 1 N–H and O–H groups in total. The molecule has 5 heteroatoms. The normalized spacial score (nSPS) is 13.0. The molecule has 0 aromatic heterocycles. The van der Waals surface area contributed by atoms with E-state index in [4.69, 9.17) is 4.74 Å². The van der Waals surface area contributed by atoms with Gasteiger partial charge in [-0.2, -0.15) is 0 Å². The number of halogens is 1. The molecule has 2 atom stereocenters. The average Bonchev–Trinajstić information content (AvgIpc) is 2.66. The molecule has 0 heterocycles. The topological polar surface area (TPSA) is 49.8 Å². The van der Waals surface area contributed by atoms with Gasteiger partial charge in [0.05, 0.1) is 18.8 Å². The van der Waals surface area contributed by atoms with Crippen molar-refractivity contribution in [3.63, 3.8) is 0 Å². The fraction of sp³-hybridized carbons (Fsp3) is 0.381. The fourth-order valence-electron chi connectivity index (χ4n) is 2.99. The third-order valence-electron chi connectivity index (χ3n) is 4.53. The SMILES string of the molecule is CCN(CC(O)c1ccccc1)C(C)Cc1ccc(C(=O)OC)cc1.Cl. The molecule has 0 amide bonds. The minimum absolute atomic E-state index is 0. The zero-order chi connectivity index (χ0) is 18.2. The van der Waals surface area contributed by atoms with E-state index in [0.29, 0.717) is 12.1 Å². The number of nitrogens with zero attached hydrogens (tertiary/aromatic N) is 1. The molecule has 0 spiro atoms. The van der Waals surface area contributed by atoms with Gasteiger partial charge in [-0.05, 0) is 43.1 Å². The number of carbonyl (C=O) groups is 1. The zero-order valence-electron chi connectivity index (χ0n) is 15.6. The van der Waals surface area contributed by atoms with Crippen molar-refractivity contribution in [1.82, 2.24) is 4.90 Å². The van der Waals surface area contributed by atoms with Crippen molar-refractivity contribution in [3.8, 4) is 0 Å². The van der Waals surface area contributed by atoms with E-state index in [1.165, 1.54) is 7.11 Å². The number of esters is 1. The number of likely N-dealkylation sites (N-methyl/N-ethyl adjacent to an activating group) is 1. The summed E-state index contributed by atoms with van der Waals surface area (Å²) in [6.07, 6.45) is 0.363. The van der Waals surface area contributed by atoms with Crippen LogP contribution in [0.25, 0.3) is 0 Å². The summed E-state index contributed by atoms with van der Waals surface area (Å²) in [4.78, 5) is 13.8. The maximum atomic E-state index is 11.5. The van der Waals surface area contributed by atoms with Crippen molar-refractivity contribution in [3.05, 3.63) is 71.3 Å². The number of carbonyl (C=O) groups excluding carboxylic acids is 1. The molecular weight excluding hydrogens is 350 g/mol. The highest BCUT2D eigenvalue weighted by molar-refractivity contribution is 5.89. The Hall–Kier alpha value is -1.88. The number of rotatable bonds is 8. The maximum absolute atomic E-state index is 11.5. The van der Waals surface area contributed by atoms with E-state index >= 15 is 0 Å². The Morgan fingerprint density at radius 2 is 1.73 bits per heavy atom. The highest BCUT2D eigenvalue weighted by atomic mass is 35.5. The summed E-state index contributed by atoms with van der Waals surface area (Å²) in [5.74, 6) is -0.319. The molecule has 0 aliphatic rings. The molecule has 0 aliphatic heterocycles. The lowest BCUT2D eigenvalue weighted by Gasteiger charge is -2.30. The van der Waals surface area contributed by atoms with Gasteiger partial charge in [0.2, 0.25) is 0 Å². The van der Waals surface area contributed by atoms with E-state index in [2.05, 4.69) is 18.7 Å². The Kier molecular flexibility index (Phi) is 9.35. The molecule has 0 bridgehead atoms. The number of methoxy groups -OCH3 is 1. The van der Waals surface area contributed by atoms with Crippen LogP contribution in [0.2, 0.25) is 0 Å². The van der Waals surface area contributed by atoms with Crippen molar-refractivity contribution in [2.45, 2.75) is 32.4 Å². The lowest BCUT2D eigenvalue weighted by molar-refractivity contribution is 0.0600. The van der Waals surface area contributed by atoms with Gasteiger partial charge < -0.3 is 9.84 Å². The van der Waals surface area contributed by atoms with E-state index in [1.807, 2.05) is 42.5 Å². The van der Waals surface area contributed by atoms with Crippen LogP contribution in [0.4, 0.5) is 0 Å². The van der Waals surface area contributed by atoms with Crippen molar-refractivity contribution in [1.29, 1.82) is 0 Å². The van der Waals surface area contributed by atoms with Crippen LogP contribution in [0, 0.1) is 0 Å². The van der Waals surface area contributed by atoms with E-state index in [1.54, 1.807) is 12.1 Å². The van der Waals surface area contributed by atoms with Crippen LogP contribution >= 0.6 is 12.4 Å². The summed E-state index contributed by atoms with van der Waals surface area (Å²) in [6, 6.07) is 17.5. The summed E-state index contributed by atoms with van der Waals surface area (Å²) in [6.45, 7) is 5.73. The predicted molar refractivity (Wildman–Crippen MR) is 107 cm³/mol. The lowest BCUT2D eigenvalue weighted by Crippen LogP contribution is -2.37. The van der Waals surface area contributed by atoms with Gasteiger partial charge in [-0.1, -0.05) is 49.4 Å². The quantitative estimate of drug-likeness (QED) is 0.709. The molecular formula is C21H28ClNO3. The van der Waals surface area contributed by atoms with Crippen molar-refractivity contribution in [2.24, 2.45) is 0 Å². The first-order valence-electron chi connectivity index (χ1n) is 8.69. The Morgan fingerprint density at radius 3 is 2.27 bits per heavy atom. The molecule has 0 radical (unpaired) electrons. The van der Waals surface area contributed by atoms with E-state index in [-0.39, 0.29) is 24.4 Å². The number of ether oxygens (including phenoxy) is 1. The summed E-state index contributed by atoms with van der Waals surface area (Å²) >= 11 is 0. The van der Waals surface area contributed by atoms with Gasteiger partial charge in [-0.15, -0.1) is 12.4 Å². The molecule has 0 saturated heterocycles. The first-order chi connectivity index (χ1) is 12.0. The summed E-state index contributed by atoms with van der Waals surface area (Å²) < 4.78 is 4.72. The number of benzene rings is 2. The van der Waals surface area contributed by atoms with Crippen LogP contribution in [0.3, 0.4) is 0 Å². The Morgan fingerprint density at radius 1 is 1.12 bits per heavy atom. The second kappa shape index (κ2) is 11.0. The van der Waals surface area contributed by atoms with E-state index < -0.39 is 6.10 Å². The van der Waals surface area contributed by atoms with Crippen LogP contribution < -0.4 is 0 Å². The molecule has 4 nitrogen and oxygen atoms in total. The third-order valence-corrected chi connectivity index (χ3v) is 4.53. The maximum Gasteiger partial charge on any atom is 0.337 e. The third kappa shape index (κ3) is 6.13. The number of aliphatic hydroxyl groups excluding tert-OH is 1. The number of hydrogen-bond donors (Lipinski definition) is 1. The highest BCUT2D eigenvalue weighted by Gasteiger charge is 2.18. The average molecular weight is 378 g/mol. The lowest BCUT2D eigenvalue weighted by atomic mass is 10.0. The van der Waals surface area contributed by atoms with E-state index in [9.17, 15) is 9.90 Å². The van der Waals surface area contributed by atoms with Gasteiger partial charge in [0.1, 0.15) is 0 Å². The van der Waals surface area contributed by atoms with Crippen LogP contribution in [-0.2, 0) is 11.2 Å². The number of hydrogen-bond acceptors (Lipinski definition) is 4. The van der Waals surface area contributed by atoms with Crippen LogP contribution in [0.1, 0.15) is 41.4 Å². The Labute approximate surface area is 162 Å². The Balaban J connectivity index is 0.00000338. The largest absolute Gasteiger partial charge is 0.465 e. The van der Waals surface area contributed by atoms with Gasteiger partial charge in [0.15, 0.2) is 0 Å². The van der Waals surface area contributed by atoms with Crippen LogP contribution in [0.5, 0.6) is 0 Å². The molecule has 2 aromatic carbocycles. The molecule has 2 unspecified atom stereocenters. The monoisotopic (exact) mass is 377 g/mol. The van der Waals surface area contributed by atoms with Gasteiger partial charge >= 0.3 is 5.97 Å². The highest BCUT2D eigenvalue weighted by Crippen LogP contribution is 2.17. The van der Waals surface area contributed by atoms with Crippen molar-refractivity contribution >= 4 is 18.4 Å². The van der Waals surface area contributed by atoms with Gasteiger partial charge in [0.25, 0.3) is 0 Å². The second-order valence-corrected chi connectivity index (χ2v) is 6.26. The molecule has 2 rings (SSSR count). The molecule has 142 valence electrons. The summed E-state index contributed by atoms with van der Waals surface area (Å²) in [5.41, 5.74) is 2.66. The minimum Gasteiger partial charge on any atom is -0.465 e. The zero-order valence-corrected chi connectivity index (χ0v) is 16.4. The molecule has 26 heavy (non-hydrogen) atoms. The standard InChI is InChI=1S/C21H27NO3.ClH/c1-4-22(15-20(23)18-8-6-5-7-9-18)16(2)14-17-10-12-19(13-11-17)21(24)25-3;/h5-13,16,20,23H,4,14-15H2,1-3H3;1H. The van der Waals surface area contributed by atoms with Crippen LogP contribution in [0.15, 0.2) is 54.6 Å². The van der Waals surface area contributed by atoms with Gasteiger partial charge in [-0.25, -0.2) is 4.79 Å². The van der Waals surface area contributed by atoms with Gasteiger partial charge in [0, 0.05) is 12.6 Å². The first-order valence-corrected chi connectivity index (χ1v) is 8.69. The summed E-state index contributed by atoms with van der Waals surface area (Å²) in [5, 5.41) is 10.5. The smallest absolute Gasteiger partial charge is 0.337 e. The van der Waals surface area contributed by atoms with Crippen LogP contribution in [-0.4, -0.2) is 42.2 Å². The second-order valence-electron chi connectivity index (χ2n) is 6.26. The number of aliphatic hydroxyl groups is 1. The van der Waals surface area contributed by atoms with Crippen molar-refractivity contribution in [2.75, 3.05) is 20.2 Å². The van der Waals surface area contributed by atoms with Crippen molar-refractivity contribution < 1.29 is 14.6 Å². The van der Waals surface area contributed by atoms with E-state index in [0.717, 1.165) is 24.1 Å².